The fourth-order valence-electron chi connectivity index (χ4n) is 3.16. The third-order valence-electron chi connectivity index (χ3n) is 4.95. The number of hydrogen-bond acceptors (Lipinski definition) is 6. The van der Waals surface area contributed by atoms with Crippen molar-refractivity contribution in [3.8, 4) is 5.75 Å². The van der Waals surface area contributed by atoms with Gasteiger partial charge in [0.2, 0.25) is 5.91 Å². The molecule has 0 unspecified atom stereocenters. The number of ether oxygens (including phenoxy) is 1. The standard InChI is InChI=1S/C22H27N3O3S2/c1-13(2)25-21(27)19-14(3)15(4)30-20(19)24-22(25)29-12-18(26)23-11-10-16-6-8-17(28-5)9-7-16/h6-9,13H,10-12H2,1-5H3,(H,23,26). The molecule has 0 radical (unpaired) electrons. The van der Waals surface area contributed by atoms with Gasteiger partial charge in [-0.3, -0.25) is 14.2 Å². The summed E-state index contributed by atoms with van der Waals surface area (Å²) < 4.78 is 6.84. The molecule has 8 heteroatoms. The van der Waals surface area contributed by atoms with Crippen LogP contribution in [0.3, 0.4) is 0 Å². The minimum Gasteiger partial charge on any atom is -0.497 e. The Labute approximate surface area is 184 Å². The predicted octanol–water partition coefficient (Wildman–Crippen LogP) is 4.12. The smallest absolute Gasteiger partial charge is 0.263 e. The van der Waals surface area contributed by atoms with Crippen LogP contribution in [0.15, 0.2) is 34.2 Å². The number of amides is 1. The number of methoxy groups -OCH3 is 1. The Bertz CT molecular complexity index is 1100. The minimum atomic E-state index is -0.0725. The molecule has 0 saturated carbocycles. The van der Waals surface area contributed by atoms with Gasteiger partial charge in [-0.2, -0.15) is 0 Å². The molecule has 3 aromatic rings. The lowest BCUT2D eigenvalue weighted by atomic mass is 10.1. The van der Waals surface area contributed by atoms with E-state index in [0.29, 0.717) is 17.1 Å². The van der Waals surface area contributed by atoms with Gasteiger partial charge >= 0.3 is 0 Å². The summed E-state index contributed by atoms with van der Waals surface area (Å²) in [7, 11) is 1.64. The second-order valence-corrected chi connectivity index (χ2v) is 9.51. The highest BCUT2D eigenvalue weighted by Crippen LogP contribution is 2.29. The Hall–Kier alpha value is -2.32. The molecule has 0 bridgehead atoms. The second-order valence-electron chi connectivity index (χ2n) is 7.36. The largest absolute Gasteiger partial charge is 0.497 e. The normalized spacial score (nSPS) is 11.3. The van der Waals surface area contributed by atoms with Crippen LogP contribution >= 0.6 is 23.1 Å². The van der Waals surface area contributed by atoms with Crippen molar-refractivity contribution < 1.29 is 9.53 Å². The van der Waals surface area contributed by atoms with Crippen LogP contribution in [0.25, 0.3) is 10.2 Å². The van der Waals surface area contributed by atoms with Gasteiger partial charge in [-0.25, -0.2) is 4.98 Å². The van der Waals surface area contributed by atoms with Gasteiger partial charge in [0.25, 0.3) is 5.56 Å². The average molecular weight is 446 g/mol. The van der Waals surface area contributed by atoms with E-state index in [-0.39, 0.29) is 23.3 Å². The summed E-state index contributed by atoms with van der Waals surface area (Å²) in [5.41, 5.74) is 2.10. The van der Waals surface area contributed by atoms with Crippen LogP contribution in [0.4, 0.5) is 0 Å². The number of nitrogens with one attached hydrogen (secondary N) is 1. The highest BCUT2D eigenvalue weighted by atomic mass is 32.2. The summed E-state index contributed by atoms with van der Waals surface area (Å²) in [4.78, 5) is 31.9. The van der Waals surface area contributed by atoms with E-state index < -0.39 is 0 Å². The Morgan fingerprint density at radius 3 is 2.60 bits per heavy atom. The van der Waals surface area contributed by atoms with E-state index >= 15 is 0 Å². The summed E-state index contributed by atoms with van der Waals surface area (Å²) in [6.07, 6.45) is 0.745. The summed E-state index contributed by atoms with van der Waals surface area (Å²) in [5.74, 6) is 0.962. The average Bonchev–Trinajstić information content (AvgIpc) is 3.00. The Morgan fingerprint density at radius 1 is 1.27 bits per heavy atom. The molecule has 6 nitrogen and oxygen atoms in total. The molecule has 0 aliphatic heterocycles. The maximum atomic E-state index is 13.1. The minimum absolute atomic E-state index is 0.0285. The van der Waals surface area contributed by atoms with Gasteiger partial charge in [-0.15, -0.1) is 11.3 Å². The van der Waals surface area contributed by atoms with Crippen LogP contribution in [-0.4, -0.2) is 34.9 Å². The molecular formula is C22H27N3O3S2. The van der Waals surface area contributed by atoms with Crippen molar-refractivity contribution in [2.45, 2.75) is 45.3 Å². The molecular weight excluding hydrogens is 418 g/mol. The van der Waals surface area contributed by atoms with Crippen LogP contribution in [0.2, 0.25) is 0 Å². The first-order valence-electron chi connectivity index (χ1n) is 9.86. The first-order valence-corrected chi connectivity index (χ1v) is 11.7. The predicted molar refractivity (Wildman–Crippen MR) is 124 cm³/mol. The highest BCUT2D eigenvalue weighted by Gasteiger charge is 2.19. The lowest BCUT2D eigenvalue weighted by Crippen LogP contribution is -2.29. The van der Waals surface area contributed by atoms with Crippen molar-refractivity contribution in [3.05, 3.63) is 50.6 Å². The van der Waals surface area contributed by atoms with Crippen molar-refractivity contribution in [1.29, 1.82) is 0 Å². The van der Waals surface area contributed by atoms with Crippen molar-refractivity contribution in [2.75, 3.05) is 19.4 Å². The third-order valence-corrected chi connectivity index (χ3v) is 7.00. The van der Waals surface area contributed by atoms with Crippen LogP contribution in [-0.2, 0) is 11.2 Å². The number of aromatic nitrogens is 2. The molecule has 0 atom stereocenters. The lowest BCUT2D eigenvalue weighted by molar-refractivity contribution is -0.118. The van der Waals surface area contributed by atoms with Gasteiger partial charge in [-0.05, 0) is 57.4 Å². The molecule has 0 aliphatic carbocycles. The van der Waals surface area contributed by atoms with Crippen LogP contribution in [0.5, 0.6) is 5.75 Å². The third kappa shape index (κ3) is 4.87. The first kappa shape index (κ1) is 22.4. The number of thiophene rings is 1. The van der Waals surface area contributed by atoms with E-state index in [9.17, 15) is 9.59 Å². The molecule has 0 saturated heterocycles. The SMILES string of the molecule is COc1ccc(CCNC(=O)CSc2nc3sc(C)c(C)c3c(=O)n2C(C)C)cc1. The molecule has 160 valence electrons. The molecule has 0 spiro atoms. The number of carbonyl (C=O) groups excluding carboxylic acids is 1. The molecule has 2 aromatic heterocycles. The van der Waals surface area contributed by atoms with E-state index in [2.05, 4.69) is 5.32 Å². The second kappa shape index (κ2) is 9.66. The number of nitrogens with zero attached hydrogens (tertiary/aromatic N) is 2. The van der Waals surface area contributed by atoms with E-state index in [0.717, 1.165) is 33.0 Å². The van der Waals surface area contributed by atoms with Crippen LogP contribution in [0, 0.1) is 13.8 Å². The zero-order chi connectivity index (χ0) is 21.8. The first-order chi connectivity index (χ1) is 14.3. The molecule has 30 heavy (non-hydrogen) atoms. The van der Waals surface area contributed by atoms with Gasteiger partial charge in [-0.1, -0.05) is 23.9 Å². The maximum absolute atomic E-state index is 13.1. The number of rotatable bonds is 8. The Morgan fingerprint density at radius 2 is 1.97 bits per heavy atom. The zero-order valence-corrected chi connectivity index (χ0v) is 19.6. The van der Waals surface area contributed by atoms with Crippen molar-refractivity contribution >= 4 is 39.2 Å². The summed E-state index contributed by atoms with van der Waals surface area (Å²) >= 11 is 2.84. The zero-order valence-electron chi connectivity index (χ0n) is 17.9. The Balaban J connectivity index is 1.65. The quantitative estimate of drug-likeness (QED) is 0.417. The molecule has 1 N–H and O–H groups in total. The number of carbonyl (C=O) groups is 1. The van der Waals surface area contributed by atoms with Crippen molar-refractivity contribution in [3.63, 3.8) is 0 Å². The molecule has 3 rings (SSSR count). The van der Waals surface area contributed by atoms with Gasteiger partial charge in [0.05, 0.1) is 18.2 Å². The Kier molecular flexibility index (Phi) is 7.20. The number of fused-ring (bicyclic) bond motifs is 1. The highest BCUT2D eigenvalue weighted by molar-refractivity contribution is 7.99. The van der Waals surface area contributed by atoms with Gasteiger partial charge in [0, 0.05) is 17.5 Å². The van der Waals surface area contributed by atoms with Gasteiger partial charge in [0.15, 0.2) is 5.16 Å². The number of hydrogen-bond donors (Lipinski definition) is 1. The topological polar surface area (TPSA) is 73.2 Å². The summed E-state index contributed by atoms with van der Waals surface area (Å²) in [6, 6.07) is 7.77. The van der Waals surface area contributed by atoms with Crippen LogP contribution in [0.1, 0.15) is 35.9 Å². The van der Waals surface area contributed by atoms with Gasteiger partial charge < -0.3 is 10.1 Å². The molecule has 2 heterocycles. The summed E-state index contributed by atoms with van der Waals surface area (Å²) in [5, 5.41) is 4.23. The fourth-order valence-corrected chi connectivity index (χ4v) is 5.19. The fraction of sp³-hybridized carbons (Fsp3) is 0.409. The van der Waals surface area contributed by atoms with E-state index in [1.54, 1.807) is 11.7 Å². The van der Waals surface area contributed by atoms with E-state index in [1.165, 1.54) is 23.1 Å². The number of thioether (sulfide) groups is 1. The maximum Gasteiger partial charge on any atom is 0.263 e. The lowest BCUT2D eigenvalue weighted by Gasteiger charge is -2.15. The number of aryl methyl sites for hydroxylation is 2. The molecule has 0 aliphatic rings. The van der Waals surface area contributed by atoms with E-state index in [4.69, 9.17) is 9.72 Å². The number of benzene rings is 1. The van der Waals surface area contributed by atoms with Crippen molar-refractivity contribution in [2.24, 2.45) is 0 Å². The molecule has 1 aromatic carbocycles. The van der Waals surface area contributed by atoms with Gasteiger partial charge in [0.1, 0.15) is 10.6 Å². The molecule has 0 fully saturated rings. The van der Waals surface area contributed by atoms with Crippen LogP contribution < -0.4 is 15.6 Å². The monoisotopic (exact) mass is 445 g/mol. The summed E-state index contributed by atoms with van der Waals surface area (Å²) in [6.45, 7) is 8.44. The van der Waals surface area contributed by atoms with Crippen molar-refractivity contribution in [1.82, 2.24) is 14.9 Å². The van der Waals surface area contributed by atoms with E-state index in [1.807, 2.05) is 52.0 Å². The molecule has 1 amide bonds.